The van der Waals surface area contributed by atoms with E-state index < -0.39 is 0 Å². The predicted octanol–water partition coefficient (Wildman–Crippen LogP) is 3.14. The van der Waals surface area contributed by atoms with Crippen LogP contribution in [0.4, 0.5) is 0 Å². The maximum Gasteiger partial charge on any atom is 0.277 e. The minimum Gasteiger partial charge on any atom is -0.493 e. The lowest BCUT2D eigenvalue weighted by molar-refractivity contribution is -0.134. The smallest absolute Gasteiger partial charge is 0.277 e. The van der Waals surface area contributed by atoms with Gasteiger partial charge >= 0.3 is 0 Å². The Kier molecular flexibility index (Phi) is 6.78. The van der Waals surface area contributed by atoms with Gasteiger partial charge in [0.1, 0.15) is 17.1 Å². The highest BCUT2D eigenvalue weighted by atomic mass is 16.5. The second-order valence-corrected chi connectivity index (χ2v) is 8.70. The third-order valence-electron chi connectivity index (χ3n) is 6.55. The highest BCUT2D eigenvalue weighted by Crippen LogP contribution is 2.34. The van der Waals surface area contributed by atoms with Crippen molar-refractivity contribution >= 4 is 16.9 Å². The minimum absolute atomic E-state index is 0.115. The third kappa shape index (κ3) is 4.64. The summed E-state index contributed by atoms with van der Waals surface area (Å²) in [5.41, 5.74) is 5.31. The summed E-state index contributed by atoms with van der Waals surface area (Å²) in [6.07, 6.45) is 4.95. The van der Waals surface area contributed by atoms with Crippen LogP contribution in [0.25, 0.3) is 22.4 Å². The zero-order chi connectivity index (χ0) is 23.5. The first kappa shape index (κ1) is 23.0. The maximum absolute atomic E-state index is 12.9. The molecular weight excluding hydrogens is 422 g/mol. The normalized spacial score (nSPS) is 18.4. The number of rotatable bonds is 7. The Morgan fingerprint density at radius 1 is 1.27 bits per heavy atom. The number of hydrogen-bond acceptors (Lipinski definition) is 6. The van der Waals surface area contributed by atoms with E-state index in [9.17, 15) is 9.59 Å². The molecule has 1 aromatic carbocycles. The molecule has 0 saturated heterocycles. The molecule has 0 atom stereocenters. The van der Waals surface area contributed by atoms with Gasteiger partial charge in [-0.1, -0.05) is 13.0 Å². The predicted molar refractivity (Wildman–Crippen MR) is 124 cm³/mol. The summed E-state index contributed by atoms with van der Waals surface area (Å²) < 4.78 is 7.43. The van der Waals surface area contributed by atoms with Crippen LogP contribution in [0.3, 0.4) is 0 Å². The average Bonchev–Trinajstić information content (AvgIpc) is 3.16. The first-order chi connectivity index (χ1) is 15.9. The molecule has 9 nitrogen and oxygen atoms in total. The van der Waals surface area contributed by atoms with E-state index in [-0.39, 0.29) is 17.4 Å². The zero-order valence-corrected chi connectivity index (χ0v) is 19.4. The van der Waals surface area contributed by atoms with Gasteiger partial charge in [-0.2, -0.15) is 5.10 Å². The molecule has 0 unspecified atom stereocenters. The van der Waals surface area contributed by atoms with Crippen molar-refractivity contribution in [3.05, 3.63) is 39.8 Å². The molecule has 0 bridgehead atoms. The number of nitrogens with zero attached hydrogens (tertiary/aromatic N) is 3. The Bertz CT molecular complexity index is 1210. The van der Waals surface area contributed by atoms with Crippen molar-refractivity contribution in [2.75, 3.05) is 6.61 Å². The summed E-state index contributed by atoms with van der Waals surface area (Å²) in [6, 6.07) is 6.04. The van der Waals surface area contributed by atoms with Crippen molar-refractivity contribution in [2.45, 2.75) is 52.4 Å². The number of carbonyl (C=O) groups is 1. The number of amides is 1. The molecule has 0 spiro atoms. The summed E-state index contributed by atoms with van der Waals surface area (Å²) in [4.78, 5) is 32.2. The molecule has 1 aliphatic rings. The number of aromatic amines is 1. The minimum atomic E-state index is -0.288. The standard InChI is InChI=1S/C24H31N5O4/c1-4-18-20-21(29(3)27-18)24(31)26-22(25-20)17-13-15(8-11-19(17)33-5-2)12-14-6-9-16(10-7-14)23(30)28-32/h8,11,13-14,16,32H,4-7,9-10,12H2,1-3H3,(H,28,30)(H,25,26,31). The van der Waals surface area contributed by atoms with E-state index >= 15 is 0 Å². The number of H-pyrrole nitrogens is 1. The first-order valence-corrected chi connectivity index (χ1v) is 11.6. The van der Waals surface area contributed by atoms with Crippen LogP contribution in [0.5, 0.6) is 5.75 Å². The second-order valence-electron chi connectivity index (χ2n) is 8.70. The number of nitrogens with one attached hydrogen (secondary N) is 2. The number of benzene rings is 1. The van der Waals surface area contributed by atoms with Crippen LogP contribution in [0.1, 0.15) is 50.8 Å². The van der Waals surface area contributed by atoms with Gasteiger partial charge < -0.3 is 9.72 Å². The molecule has 0 aliphatic heterocycles. The quantitative estimate of drug-likeness (QED) is 0.373. The number of fused-ring (bicyclic) bond motifs is 1. The Balaban J connectivity index is 1.65. The SMILES string of the molecule is CCOc1ccc(CC2CCC(C(=O)NO)CC2)cc1-c1nc2c(CC)nn(C)c2c(=O)[nH]1. The molecule has 176 valence electrons. The number of aryl methyl sites for hydroxylation is 2. The van der Waals surface area contributed by atoms with Crippen molar-refractivity contribution < 1.29 is 14.7 Å². The van der Waals surface area contributed by atoms with E-state index in [2.05, 4.69) is 16.1 Å². The Labute approximate surface area is 192 Å². The van der Waals surface area contributed by atoms with Gasteiger partial charge in [0.15, 0.2) is 5.52 Å². The molecule has 1 aliphatic carbocycles. The van der Waals surface area contributed by atoms with E-state index in [1.54, 1.807) is 17.2 Å². The van der Waals surface area contributed by atoms with Crippen molar-refractivity contribution in [1.82, 2.24) is 25.2 Å². The van der Waals surface area contributed by atoms with Gasteiger partial charge in [0.05, 0.1) is 17.9 Å². The third-order valence-corrected chi connectivity index (χ3v) is 6.55. The Hall–Kier alpha value is -3.20. The fourth-order valence-electron chi connectivity index (χ4n) is 4.84. The molecule has 3 N–H and O–H groups in total. The summed E-state index contributed by atoms with van der Waals surface area (Å²) in [5, 5.41) is 13.3. The summed E-state index contributed by atoms with van der Waals surface area (Å²) in [7, 11) is 1.75. The molecular formula is C24H31N5O4. The van der Waals surface area contributed by atoms with Gasteiger partial charge in [0.25, 0.3) is 5.56 Å². The van der Waals surface area contributed by atoms with Gasteiger partial charge in [-0.15, -0.1) is 0 Å². The van der Waals surface area contributed by atoms with Crippen LogP contribution < -0.4 is 15.8 Å². The van der Waals surface area contributed by atoms with Crippen LogP contribution in [-0.4, -0.2) is 37.5 Å². The molecule has 2 heterocycles. The van der Waals surface area contributed by atoms with Crippen LogP contribution in [-0.2, 0) is 24.7 Å². The van der Waals surface area contributed by atoms with E-state index in [0.717, 1.165) is 48.9 Å². The van der Waals surface area contributed by atoms with Gasteiger partial charge in [-0.3, -0.25) is 19.5 Å². The molecule has 1 amide bonds. The lowest BCUT2D eigenvalue weighted by atomic mass is 9.79. The topological polar surface area (TPSA) is 122 Å². The van der Waals surface area contributed by atoms with Crippen LogP contribution >= 0.6 is 0 Å². The van der Waals surface area contributed by atoms with Crippen molar-refractivity contribution in [3.63, 3.8) is 0 Å². The lowest BCUT2D eigenvalue weighted by Crippen LogP contribution is -2.31. The highest BCUT2D eigenvalue weighted by Gasteiger charge is 2.26. The van der Waals surface area contributed by atoms with Gasteiger partial charge in [-0.05, 0) is 69.1 Å². The molecule has 4 rings (SSSR count). The number of carbonyl (C=O) groups excluding carboxylic acids is 1. The fourth-order valence-corrected chi connectivity index (χ4v) is 4.84. The number of hydroxylamine groups is 1. The summed E-state index contributed by atoms with van der Waals surface area (Å²) >= 11 is 0. The monoisotopic (exact) mass is 453 g/mol. The molecule has 3 aromatic rings. The average molecular weight is 454 g/mol. The number of ether oxygens (including phenoxy) is 1. The second kappa shape index (κ2) is 9.74. The molecule has 0 radical (unpaired) electrons. The summed E-state index contributed by atoms with van der Waals surface area (Å²) in [6.45, 7) is 4.42. The molecule has 9 heteroatoms. The highest BCUT2D eigenvalue weighted by molar-refractivity contribution is 5.80. The lowest BCUT2D eigenvalue weighted by Gasteiger charge is -2.27. The molecule has 2 aromatic heterocycles. The Morgan fingerprint density at radius 2 is 2.03 bits per heavy atom. The zero-order valence-electron chi connectivity index (χ0n) is 19.4. The molecule has 1 fully saturated rings. The fraction of sp³-hybridized carbons (Fsp3) is 0.500. The van der Waals surface area contributed by atoms with Crippen molar-refractivity contribution in [2.24, 2.45) is 18.9 Å². The largest absolute Gasteiger partial charge is 0.493 e. The molecule has 1 saturated carbocycles. The summed E-state index contributed by atoms with van der Waals surface area (Å²) in [5.74, 6) is 1.20. The van der Waals surface area contributed by atoms with Gasteiger partial charge in [0, 0.05) is 13.0 Å². The van der Waals surface area contributed by atoms with Crippen LogP contribution in [0.2, 0.25) is 0 Å². The van der Waals surface area contributed by atoms with Crippen LogP contribution in [0.15, 0.2) is 23.0 Å². The van der Waals surface area contributed by atoms with E-state index in [0.29, 0.717) is 41.6 Å². The number of hydrogen-bond donors (Lipinski definition) is 3. The van der Waals surface area contributed by atoms with Gasteiger partial charge in [0.2, 0.25) is 5.91 Å². The van der Waals surface area contributed by atoms with Crippen molar-refractivity contribution in [3.8, 4) is 17.1 Å². The van der Waals surface area contributed by atoms with Gasteiger partial charge in [-0.25, -0.2) is 10.5 Å². The van der Waals surface area contributed by atoms with E-state index in [1.165, 1.54) is 0 Å². The van der Waals surface area contributed by atoms with Crippen molar-refractivity contribution in [1.29, 1.82) is 0 Å². The van der Waals surface area contributed by atoms with E-state index in [1.807, 2.05) is 26.0 Å². The number of aromatic nitrogens is 4. The van der Waals surface area contributed by atoms with E-state index in [4.69, 9.17) is 14.9 Å². The molecule has 33 heavy (non-hydrogen) atoms. The first-order valence-electron chi connectivity index (χ1n) is 11.6. The van der Waals surface area contributed by atoms with Crippen LogP contribution in [0, 0.1) is 11.8 Å². The maximum atomic E-state index is 12.9. The Morgan fingerprint density at radius 3 is 2.70 bits per heavy atom.